The minimum atomic E-state index is 0.212. The van der Waals surface area contributed by atoms with E-state index in [1.165, 1.54) is 22.3 Å². The standard InChI is InChI=1S/C17H22S/c1-12-11-13(17(2,3)4)9-10-14(12)15-7-5-6-8-16(15)18/h7-11,18H,5-6H2,1-4H3. The van der Waals surface area contributed by atoms with Crippen molar-refractivity contribution in [3.63, 3.8) is 0 Å². The molecule has 1 aromatic rings. The summed E-state index contributed by atoms with van der Waals surface area (Å²) < 4.78 is 0. The summed E-state index contributed by atoms with van der Waals surface area (Å²) in [6.45, 7) is 8.96. The highest BCUT2D eigenvalue weighted by atomic mass is 32.1. The number of allylic oxidation sites excluding steroid dienone is 3. The Morgan fingerprint density at radius 1 is 1.06 bits per heavy atom. The summed E-state index contributed by atoms with van der Waals surface area (Å²) in [7, 11) is 0. The molecule has 96 valence electrons. The average molecular weight is 258 g/mol. The number of rotatable bonds is 1. The molecule has 18 heavy (non-hydrogen) atoms. The van der Waals surface area contributed by atoms with Gasteiger partial charge in [-0.2, -0.15) is 0 Å². The molecule has 1 aromatic carbocycles. The van der Waals surface area contributed by atoms with Crippen LogP contribution in [0.3, 0.4) is 0 Å². The van der Waals surface area contributed by atoms with E-state index in [2.05, 4.69) is 70.7 Å². The van der Waals surface area contributed by atoms with Gasteiger partial charge in [0.05, 0.1) is 0 Å². The van der Waals surface area contributed by atoms with Crippen molar-refractivity contribution in [2.75, 3.05) is 0 Å². The zero-order valence-corrected chi connectivity index (χ0v) is 12.6. The van der Waals surface area contributed by atoms with Gasteiger partial charge in [0.15, 0.2) is 0 Å². The molecule has 0 saturated heterocycles. The van der Waals surface area contributed by atoms with Crippen LogP contribution in [-0.2, 0) is 5.41 Å². The molecule has 0 atom stereocenters. The lowest BCUT2D eigenvalue weighted by molar-refractivity contribution is 0.589. The smallest absolute Gasteiger partial charge is 0.00755 e. The van der Waals surface area contributed by atoms with Crippen molar-refractivity contribution in [3.05, 3.63) is 51.9 Å². The monoisotopic (exact) mass is 258 g/mol. The van der Waals surface area contributed by atoms with Crippen LogP contribution >= 0.6 is 12.6 Å². The summed E-state index contributed by atoms with van der Waals surface area (Å²) in [5.74, 6) is 0. The highest BCUT2D eigenvalue weighted by Crippen LogP contribution is 2.34. The third-order valence-corrected chi connectivity index (χ3v) is 3.93. The van der Waals surface area contributed by atoms with Crippen molar-refractivity contribution in [2.45, 2.75) is 46.0 Å². The fraction of sp³-hybridized carbons (Fsp3) is 0.412. The van der Waals surface area contributed by atoms with Gasteiger partial charge in [-0.15, -0.1) is 12.6 Å². The van der Waals surface area contributed by atoms with Crippen LogP contribution < -0.4 is 0 Å². The summed E-state index contributed by atoms with van der Waals surface area (Å²) >= 11 is 4.59. The van der Waals surface area contributed by atoms with Crippen molar-refractivity contribution in [1.82, 2.24) is 0 Å². The molecule has 1 aliphatic rings. The second-order valence-electron chi connectivity index (χ2n) is 6.06. The van der Waals surface area contributed by atoms with Crippen LogP contribution in [0.5, 0.6) is 0 Å². The highest BCUT2D eigenvalue weighted by molar-refractivity contribution is 7.85. The quantitative estimate of drug-likeness (QED) is 0.651. The van der Waals surface area contributed by atoms with Crippen molar-refractivity contribution in [1.29, 1.82) is 0 Å². The lowest BCUT2D eigenvalue weighted by Gasteiger charge is -2.22. The van der Waals surface area contributed by atoms with E-state index in [0.717, 1.165) is 17.7 Å². The molecule has 0 unspecified atom stereocenters. The maximum atomic E-state index is 4.59. The molecular formula is C17H22S. The van der Waals surface area contributed by atoms with Gasteiger partial charge in [-0.1, -0.05) is 51.1 Å². The van der Waals surface area contributed by atoms with Crippen LogP contribution in [0.1, 0.15) is 50.3 Å². The van der Waals surface area contributed by atoms with E-state index in [0.29, 0.717) is 0 Å². The van der Waals surface area contributed by atoms with Crippen LogP contribution in [0.15, 0.2) is 35.3 Å². The number of hydrogen-bond donors (Lipinski definition) is 1. The Hall–Kier alpha value is -0.950. The average Bonchev–Trinajstić information content (AvgIpc) is 2.29. The predicted octanol–water partition coefficient (Wildman–Crippen LogP) is 5.28. The number of hydrogen-bond acceptors (Lipinski definition) is 1. The number of benzene rings is 1. The highest BCUT2D eigenvalue weighted by Gasteiger charge is 2.16. The molecule has 0 radical (unpaired) electrons. The second-order valence-corrected chi connectivity index (χ2v) is 6.55. The lowest BCUT2D eigenvalue weighted by atomic mass is 9.84. The van der Waals surface area contributed by atoms with Crippen LogP contribution in [0.4, 0.5) is 0 Å². The van der Waals surface area contributed by atoms with Crippen LogP contribution in [0, 0.1) is 6.92 Å². The predicted molar refractivity (Wildman–Crippen MR) is 84.2 cm³/mol. The van der Waals surface area contributed by atoms with Crippen molar-refractivity contribution < 1.29 is 0 Å². The molecule has 0 heterocycles. The Labute approximate surface area is 116 Å². The third kappa shape index (κ3) is 2.72. The molecule has 0 aliphatic heterocycles. The molecule has 0 bridgehead atoms. The first-order valence-electron chi connectivity index (χ1n) is 6.61. The first-order chi connectivity index (χ1) is 8.39. The summed E-state index contributed by atoms with van der Waals surface area (Å²) in [4.78, 5) is 1.12. The van der Waals surface area contributed by atoms with Gasteiger partial charge in [0.25, 0.3) is 0 Å². The first-order valence-corrected chi connectivity index (χ1v) is 7.05. The summed E-state index contributed by atoms with van der Waals surface area (Å²) in [6.07, 6.45) is 6.76. The fourth-order valence-corrected chi connectivity index (χ4v) is 2.68. The molecule has 0 nitrogen and oxygen atoms in total. The molecule has 0 aromatic heterocycles. The van der Waals surface area contributed by atoms with Gasteiger partial charge < -0.3 is 0 Å². The SMILES string of the molecule is Cc1cc(C(C)(C)C)ccc1C1=CCCC=C1S. The van der Waals surface area contributed by atoms with E-state index in [4.69, 9.17) is 0 Å². The summed E-state index contributed by atoms with van der Waals surface area (Å²) in [5, 5.41) is 0. The van der Waals surface area contributed by atoms with Crippen molar-refractivity contribution >= 4 is 18.2 Å². The van der Waals surface area contributed by atoms with Crippen LogP contribution in [0.2, 0.25) is 0 Å². The molecule has 0 N–H and O–H groups in total. The van der Waals surface area contributed by atoms with Gasteiger partial charge in [-0.05, 0) is 47.4 Å². The fourth-order valence-electron chi connectivity index (χ4n) is 2.34. The molecule has 2 rings (SSSR count). The van der Waals surface area contributed by atoms with Gasteiger partial charge >= 0.3 is 0 Å². The third-order valence-electron chi connectivity index (χ3n) is 3.51. The van der Waals surface area contributed by atoms with E-state index < -0.39 is 0 Å². The number of thiol groups is 1. The van der Waals surface area contributed by atoms with E-state index in [-0.39, 0.29) is 5.41 Å². The van der Waals surface area contributed by atoms with E-state index in [1.807, 2.05) is 0 Å². The van der Waals surface area contributed by atoms with Crippen molar-refractivity contribution in [2.24, 2.45) is 0 Å². The van der Waals surface area contributed by atoms with E-state index >= 15 is 0 Å². The Kier molecular flexibility index (Phi) is 3.72. The van der Waals surface area contributed by atoms with E-state index in [9.17, 15) is 0 Å². The van der Waals surface area contributed by atoms with Gasteiger partial charge in [0.2, 0.25) is 0 Å². The largest absolute Gasteiger partial charge is 0.143 e. The minimum absolute atomic E-state index is 0.212. The van der Waals surface area contributed by atoms with Crippen molar-refractivity contribution in [3.8, 4) is 0 Å². The summed E-state index contributed by atoms with van der Waals surface area (Å²) in [6, 6.07) is 6.81. The Bertz CT molecular complexity index is 513. The van der Waals surface area contributed by atoms with E-state index in [1.54, 1.807) is 0 Å². The maximum absolute atomic E-state index is 4.59. The molecule has 0 amide bonds. The minimum Gasteiger partial charge on any atom is -0.143 e. The Balaban J connectivity index is 2.43. The zero-order chi connectivity index (χ0) is 13.3. The normalized spacial score (nSPS) is 16.3. The Morgan fingerprint density at radius 2 is 1.72 bits per heavy atom. The first kappa shape index (κ1) is 13.5. The Morgan fingerprint density at radius 3 is 2.28 bits per heavy atom. The zero-order valence-electron chi connectivity index (χ0n) is 11.7. The maximum Gasteiger partial charge on any atom is 0.00755 e. The molecule has 0 fully saturated rings. The molecule has 0 spiro atoms. The van der Waals surface area contributed by atoms with Crippen LogP contribution in [-0.4, -0.2) is 0 Å². The van der Waals surface area contributed by atoms with Crippen LogP contribution in [0.25, 0.3) is 5.57 Å². The molecule has 0 saturated carbocycles. The lowest BCUT2D eigenvalue weighted by Crippen LogP contribution is -2.11. The van der Waals surface area contributed by atoms with Gasteiger partial charge in [-0.25, -0.2) is 0 Å². The summed E-state index contributed by atoms with van der Waals surface area (Å²) in [5.41, 5.74) is 5.57. The molecule has 1 aliphatic carbocycles. The van der Waals surface area contributed by atoms with Gasteiger partial charge in [-0.3, -0.25) is 0 Å². The number of aryl methyl sites for hydroxylation is 1. The molecular weight excluding hydrogens is 236 g/mol. The second kappa shape index (κ2) is 4.97. The van der Waals surface area contributed by atoms with Gasteiger partial charge in [0.1, 0.15) is 0 Å². The topological polar surface area (TPSA) is 0 Å². The van der Waals surface area contributed by atoms with Gasteiger partial charge in [0, 0.05) is 4.91 Å². The molecule has 1 heteroatoms.